The summed E-state index contributed by atoms with van der Waals surface area (Å²) in [6.07, 6.45) is 0. The number of nitrogens with zero attached hydrogens (tertiary/aromatic N) is 3. The van der Waals surface area contributed by atoms with E-state index in [0.29, 0.717) is 0 Å². The summed E-state index contributed by atoms with van der Waals surface area (Å²) in [5.74, 6) is -2.50. The van der Waals surface area contributed by atoms with Crippen LogP contribution >= 0.6 is 23.2 Å². The molecule has 0 aliphatic carbocycles. The average Bonchev–Trinajstić information content (AvgIpc) is 2.41. The van der Waals surface area contributed by atoms with E-state index < -0.39 is 17.5 Å². The molecule has 2 rings (SSSR count). The van der Waals surface area contributed by atoms with Crippen LogP contribution in [0.5, 0.6) is 0 Å². The maximum absolute atomic E-state index is 14.6. The number of benzene rings is 1. The number of carbonyl (C=O) groups is 1. The van der Waals surface area contributed by atoms with Crippen molar-refractivity contribution in [1.29, 1.82) is 0 Å². The Bertz CT molecular complexity index is 768. The second kappa shape index (κ2) is 5.94. The molecule has 0 aliphatic rings. The standard InChI is InChI=1S/C13H11Cl2FN4O2/c1-20(2)10-6(14)4-3-5(8(10)16)12-18-9(13(21)22)7(15)11(17)19-12/h3-4H,1-2H3,(H,21,22)(H2,17,18,19). The van der Waals surface area contributed by atoms with Gasteiger partial charge < -0.3 is 15.7 Å². The zero-order valence-corrected chi connectivity index (χ0v) is 13.1. The van der Waals surface area contributed by atoms with Crippen LogP contribution in [0.4, 0.5) is 15.9 Å². The Morgan fingerprint density at radius 3 is 2.50 bits per heavy atom. The highest BCUT2D eigenvalue weighted by molar-refractivity contribution is 6.35. The van der Waals surface area contributed by atoms with E-state index in [-0.39, 0.29) is 32.9 Å². The highest BCUT2D eigenvalue weighted by Crippen LogP contribution is 2.34. The first-order chi connectivity index (χ1) is 10.2. The van der Waals surface area contributed by atoms with Crippen molar-refractivity contribution in [3.8, 4) is 11.4 Å². The molecule has 0 bridgehead atoms. The Morgan fingerprint density at radius 2 is 1.95 bits per heavy atom. The van der Waals surface area contributed by atoms with Gasteiger partial charge in [0, 0.05) is 14.1 Å². The summed E-state index contributed by atoms with van der Waals surface area (Å²) in [5.41, 5.74) is 5.18. The summed E-state index contributed by atoms with van der Waals surface area (Å²) >= 11 is 11.7. The van der Waals surface area contributed by atoms with Crippen molar-refractivity contribution in [2.45, 2.75) is 0 Å². The zero-order chi connectivity index (χ0) is 16.6. The molecule has 22 heavy (non-hydrogen) atoms. The first kappa shape index (κ1) is 16.3. The van der Waals surface area contributed by atoms with Gasteiger partial charge in [-0.2, -0.15) is 0 Å². The van der Waals surface area contributed by atoms with Gasteiger partial charge in [-0.1, -0.05) is 23.2 Å². The predicted molar refractivity (Wildman–Crippen MR) is 83.1 cm³/mol. The zero-order valence-electron chi connectivity index (χ0n) is 11.6. The Labute approximate surface area is 135 Å². The summed E-state index contributed by atoms with van der Waals surface area (Å²) in [7, 11) is 3.24. The molecule has 1 aromatic carbocycles. The van der Waals surface area contributed by atoms with Crippen molar-refractivity contribution in [3.63, 3.8) is 0 Å². The Hall–Kier alpha value is -2.12. The molecule has 0 unspecified atom stereocenters. The SMILES string of the molecule is CN(C)c1c(Cl)ccc(-c2nc(N)c(Cl)c(C(=O)O)n2)c1F. The van der Waals surface area contributed by atoms with E-state index in [0.717, 1.165) is 0 Å². The summed E-state index contributed by atoms with van der Waals surface area (Å²) in [4.78, 5) is 20.2. The third-order valence-corrected chi connectivity index (χ3v) is 3.51. The lowest BCUT2D eigenvalue weighted by Crippen LogP contribution is -2.13. The first-order valence-electron chi connectivity index (χ1n) is 5.96. The second-order valence-corrected chi connectivity index (χ2v) is 5.34. The number of halogens is 3. The molecule has 116 valence electrons. The van der Waals surface area contributed by atoms with Crippen LogP contribution < -0.4 is 10.6 Å². The number of nitrogen functional groups attached to an aromatic ring is 1. The fraction of sp³-hybridized carbons (Fsp3) is 0.154. The predicted octanol–water partition coefficient (Wildman–Crippen LogP) is 2.94. The van der Waals surface area contributed by atoms with Gasteiger partial charge in [-0.3, -0.25) is 0 Å². The van der Waals surface area contributed by atoms with Gasteiger partial charge in [0.1, 0.15) is 10.8 Å². The monoisotopic (exact) mass is 344 g/mol. The number of nitrogens with two attached hydrogens (primary N) is 1. The Kier molecular flexibility index (Phi) is 4.39. The maximum atomic E-state index is 14.6. The van der Waals surface area contributed by atoms with Crippen molar-refractivity contribution in [1.82, 2.24) is 9.97 Å². The van der Waals surface area contributed by atoms with Gasteiger partial charge in [0.25, 0.3) is 0 Å². The molecule has 0 aliphatic heterocycles. The third-order valence-electron chi connectivity index (χ3n) is 2.83. The molecular weight excluding hydrogens is 334 g/mol. The van der Waals surface area contributed by atoms with Gasteiger partial charge >= 0.3 is 5.97 Å². The van der Waals surface area contributed by atoms with Crippen LogP contribution in [0.15, 0.2) is 12.1 Å². The van der Waals surface area contributed by atoms with Gasteiger partial charge in [-0.25, -0.2) is 19.2 Å². The number of carboxylic acid groups (broad SMARTS) is 1. The molecule has 2 aromatic rings. The topological polar surface area (TPSA) is 92.3 Å². The van der Waals surface area contributed by atoms with E-state index in [4.69, 9.17) is 34.0 Å². The van der Waals surface area contributed by atoms with Crippen LogP contribution in [0.25, 0.3) is 11.4 Å². The number of rotatable bonds is 3. The maximum Gasteiger partial charge on any atom is 0.356 e. The van der Waals surface area contributed by atoms with Gasteiger partial charge in [0.2, 0.25) is 0 Å². The van der Waals surface area contributed by atoms with E-state index >= 15 is 0 Å². The summed E-state index contributed by atoms with van der Waals surface area (Å²) in [5, 5.41) is 8.97. The van der Waals surface area contributed by atoms with Crippen molar-refractivity contribution < 1.29 is 14.3 Å². The molecule has 0 radical (unpaired) electrons. The number of anilines is 2. The molecule has 1 heterocycles. The third kappa shape index (κ3) is 2.77. The quantitative estimate of drug-likeness (QED) is 0.889. The summed E-state index contributed by atoms with van der Waals surface area (Å²) < 4.78 is 14.6. The van der Waals surface area contributed by atoms with Gasteiger partial charge in [0.15, 0.2) is 17.3 Å². The Morgan fingerprint density at radius 1 is 1.32 bits per heavy atom. The molecule has 0 saturated carbocycles. The van der Waals surface area contributed by atoms with Gasteiger partial charge in [0.05, 0.1) is 16.3 Å². The molecule has 3 N–H and O–H groups in total. The lowest BCUT2D eigenvalue weighted by atomic mass is 10.1. The molecule has 0 atom stereocenters. The van der Waals surface area contributed by atoms with Crippen LogP contribution in [0.1, 0.15) is 10.5 Å². The van der Waals surface area contributed by atoms with Crippen LogP contribution in [0, 0.1) is 5.82 Å². The molecule has 6 nitrogen and oxygen atoms in total. The molecular formula is C13H11Cl2FN4O2. The minimum atomic E-state index is -1.39. The molecule has 0 amide bonds. The van der Waals surface area contributed by atoms with Crippen LogP contribution in [-0.2, 0) is 0 Å². The van der Waals surface area contributed by atoms with Crippen LogP contribution in [0.2, 0.25) is 10.0 Å². The first-order valence-corrected chi connectivity index (χ1v) is 6.71. The van der Waals surface area contributed by atoms with E-state index in [1.54, 1.807) is 14.1 Å². The van der Waals surface area contributed by atoms with Crippen molar-refractivity contribution in [3.05, 3.63) is 33.7 Å². The lowest BCUT2D eigenvalue weighted by molar-refractivity contribution is 0.0690. The highest BCUT2D eigenvalue weighted by Gasteiger charge is 2.21. The highest BCUT2D eigenvalue weighted by atomic mass is 35.5. The molecule has 1 aromatic heterocycles. The molecule has 0 saturated heterocycles. The molecule has 0 spiro atoms. The largest absolute Gasteiger partial charge is 0.476 e. The van der Waals surface area contributed by atoms with Crippen molar-refractivity contribution in [2.24, 2.45) is 0 Å². The normalized spacial score (nSPS) is 10.6. The number of carboxylic acids is 1. The van der Waals surface area contributed by atoms with Crippen LogP contribution in [-0.4, -0.2) is 35.1 Å². The average molecular weight is 345 g/mol. The fourth-order valence-corrected chi connectivity index (χ4v) is 2.33. The van der Waals surface area contributed by atoms with E-state index in [1.165, 1.54) is 17.0 Å². The minimum Gasteiger partial charge on any atom is -0.476 e. The van der Waals surface area contributed by atoms with E-state index in [9.17, 15) is 9.18 Å². The minimum absolute atomic E-state index is 0.0287. The van der Waals surface area contributed by atoms with Gasteiger partial charge in [-0.15, -0.1) is 0 Å². The van der Waals surface area contributed by atoms with Gasteiger partial charge in [-0.05, 0) is 12.1 Å². The number of aromatic nitrogens is 2. The smallest absolute Gasteiger partial charge is 0.356 e. The van der Waals surface area contributed by atoms with E-state index in [2.05, 4.69) is 9.97 Å². The number of aromatic carboxylic acids is 1. The summed E-state index contributed by atoms with van der Waals surface area (Å²) in [6, 6.07) is 2.81. The number of hydrogen-bond donors (Lipinski definition) is 2. The second-order valence-electron chi connectivity index (χ2n) is 4.55. The number of hydrogen-bond acceptors (Lipinski definition) is 5. The molecule has 9 heteroatoms. The van der Waals surface area contributed by atoms with E-state index in [1.807, 2.05) is 0 Å². The summed E-state index contributed by atoms with van der Waals surface area (Å²) in [6.45, 7) is 0. The van der Waals surface area contributed by atoms with Crippen molar-refractivity contribution in [2.75, 3.05) is 24.7 Å². The fourth-order valence-electron chi connectivity index (χ4n) is 1.85. The Balaban J connectivity index is 2.73. The lowest BCUT2D eigenvalue weighted by Gasteiger charge is -2.17. The molecule has 0 fully saturated rings. The van der Waals surface area contributed by atoms with Crippen LogP contribution in [0.3, 0.4) is 0 Å². The van der Waals surface area contributed by atoms with Crippen molar-refractivity contribution >= 4 is 40.7 Å².